The van der Waals surface area contributed by atoms with Crippen LogP contribution in [0.3, 0.4) is 0 Å². The molecule has 2 fully saturated rings. The summed E-state index contributed by atoms with van der Waals surface area (Å²) >= 11 is 0. The first-order valence-corrected chi connectivity index (χ1v) is 6.37. The van der Waals surface area contributed by atoms with Crippen molar-refractivity contribution >= 4 is 0 Å². The highest BCUT2D eigenvalue weighted by Crippen LogP contribution is 2.31. The minimum Gasteiger partial charge on any atom is -0.396 e. The summed E-state index contributed by atoms with van der Waals surface area (Å²) in [5, 5.41) is 18.8. The molecule has 3 unspecified atom stereocenters. The Hall–Kier alpha value is -0.120. The molecule has 0 aromatic heterocycles. The van der Waals surface area contributed by atoms with E-state index in [1.807, 2.05) is 0 Å². The van der Waals surface area contributed by atoms with E-state index >= 15 is 0 Å². The summed E-state index contributed by atoms with van der Waals surface area (Å²) in [7, 11) is 0. The van der Waals surface area contributed by atoms with Gasteiger partial charge in [0.2, 0.25) is 0 Å². The molecule has 0 aromatic carbocycles. The zero-order valence-corrected chi connectivity index (χ0v) is 9.44. The lowest BCUT2D eigenvalue weighted by Gasteiger charge is -2.32. The van der Waals surface area contributed by atoms with Crippen LogP contribution in [-0.2, 0) is 0 Å². The van der Waals surface area contributed by atoms with Crippen molar-refractivity contribution in [3.63, 3.8) is 0 Å². The molecule has 2 aliphatic rings. The van der Waals surface area contributed by atoms with Gasteiger partial charge in [-0.05, 0) is 51.5 Å². The quantitative estimate of drug-likeness (QED) is 0.736. The molecule has 88 valence electrons. The van der Waals surface area contributed by atoms with Crippen LogP contribution in [0.25, 0.3) is 0 Å². The molecule has 3 nitrogen and oxygen atoms in total. The van der Waals surface area contributed by atoms with E-state index in [-0.39, 0.29) is 6.10 Å². The third kappa shape index (κ3) is 2.52. The van der Waals surface area contributed by atoms with Gasteiger partial charge in [0.25, 0.3) is 0 Å². The number of likely N-dealkylation sites (tertiary alicyclic amines) is 1. The van der Waals surface area contributed by atoms with E-state index in [2.05, 4.69) is 4.90 Å². The average Bonchev–Trinajstić information content (AvgIpc) is 2.82. The molecule has 0 aromatic rings. The highest BCUT2D eigenvalue weighted by molar-refractivity contribution is 4.91. The molecule has 0 radical (unpaired) electrons. The predicted octanol–water partition coefficient (Wildman–Crippen LogP) is 1.14. The summed E-state index contributed by atoms with van der Waals surface area (Å²) in [6.45, 7) is 1.45. The van der Waals surface area contributed by atoms with Crippen molar-refractivity contribution in [2.24, 2.45) is 0 Å². The van der Waals surface area contributed by atoms with E-state index < -0.39 is 0 Å². The number of rotatable bonds is 4. The Balaban J connectivity index is 1.89. The number of hydrogen-bond acceptors (Lipinski definition) is 3. The van der Waals surface area contributed by atoms with Gasteiger partial charge in [0.15, 0.2) is 0 Å². The Morgan fingerprint density at radius 2 is 2.00 bits per heavy atom. The normalized spacial score (nSPS) is 37.6. The van der Waals surface area contributed by atoms with Crippen LogP contribution in [0, 0.1) is 0 Å². The zero-order valence-electron chi connectivity index (χ0n) is 9.44. The highest BCUT2D eigenvalue weighted by Gasteiger charge is 2.36. The van der Waals surface area contributed by atoms with Gasteiger partial charge in [-0.25, -0.2) is 0 Å². The van der Waals surface area contributed by atoms with E-state index in [4.69, 9.17) is 5.11 Å². The summed E-state index contributed by atoms with van der Waals surface area (Å²) in [4.78, 5) is 2.51. The standard InChI is InChI=1S/C12H23NO2/c14-9-3-5-10-4-2-8-13(10)11-6-1-7-12(11)15/h10-12,14-15H,1-9H2. The summed E-state index contributed by atoms with van der Waals surface area (Å²) in [5.74, 6) is 0. The number of aliphatic hydroxyl groups excluding tert-OH is 2. The molecule has 0 bridgehead atoms. The van der Waals surface area contributed by atoms with Crippen molar-refractivity contribution < 1.29 is 10.2 Å². The minimum absolute atomic E-state index is 0.0975. The molecular weight excluding hydrogens is 190 g/mol. The highest BCUT2D eigenvalue weighted by atomic mass is 16.3. The SMILES string of the molecule is OCCCC1CCCN1C1CCCC1O. The molecule has 0 spiro atoms. The van der Waals surface area contributed by atoms with Gasteiger partial charge in [-0.1, -0.05) is 0 Å². The first-order chi connectivity index (χ1) is 7.33. The molecule has 2 N–H and O–H groups in total. The van der Waals surface area contributed by atoms with Crippen molar-refractivity contribution in [3.05, 3.63) is 0 Å². The van der Waals surface area contributed by atoms with Gasteiger partial charge in [0.1, 0.15) is 0 Å². The summed E-state index contributed by atoms with van der Waals surface area (Å²) in [6, 6.07) is 1.03. The summed E-state index contributed by atoms with van der Waals surface area (Å²) in [5.41, 5.74) is 0. The smallest absolute Gasteiger partial charge is 0.0695 e. The molecule has 1 aliphatic carbocycles. The monoisotopic (exact) mass is 213 g/mol. The molecule has 1 saturated carbocycles. The Morgan fingerprint density at radius 1 is 1.13 bits per heavy atom. The maximum absolute atomic E-state index is 9.90. The molecule has 0 amide bonds. The zero-order chi connectivity index (χ0) is 10.7. The topological polar surface area (TPSA) is 43.7 Å². The number of nitrogens with zero attached hydrogens (tertiary/aromatic N) is 1. The summed E-state index contributed by atoms with van der Waals surface area (Å²) in [6.07, 6.45) is 7.74. The van der Waals surface area contributed by atoms with Crippen LogP contribution in [0.15, 0.2) is 0 Å². The van der Waals surface area contributed by atoms with Gasteiger partial charge in [0, 0.05) is 18.7 Å². The molecule has 2 rings (SSSR count). The Morgan fingerprint density at radius 3 is 2.67 bits per heavy atom. The lowest BCUT2D eigenvalue weighted by molar-refractivity contribution is 0.0591. The van der Waals surface area contributed by atoms with Crippen LogP contribution in [0.2, 0.25) is 0 Å². The first kappa shape index (κ1) is 11.4. The fraction of sp³-hybridized carbons (Fsp3) is 1.00. The van der Waals surface area contributed by atoms with Gasteiger partial charge in [-0.2, -0.15) is 0 Å². The molecule has 3 heteroatoms. The van der Waals surface area contributed by atoms with Gasteiger partial charge in [-0.3, -0.25) is 4.90 Å². The van der Waals surface area contributed by atoms with Crippen LogP contribution in [0.4, 0.5) is 0 Å². The van der Waals surface area contributed by atoms with E-state index in [0.717, 1.165) is 32.2 Å². The van der Waals surface area contributed by atoms with Crippen LogP contribution >= 0.6 is 0 Å². The van der Waals surface area contributed by atoms with Crippen molar-refractivity contribution in [2.75, 3.05) is 13.2 Å². The largest absolute Gasteiger partial charge is 0.396 e. The van der Waals surface area contributed by atoms with Crippen molar-refractivity contribution in [2.45, 2.75) is 63.1 Å². The van der Waals surface area contributed by atoms with E-state index in [0.29, 0.717) is 18.7 Å². The molecule has 1 aliphatic heterocycles. The molecule has 15 heavy (non-hydrogen) atoms. The van der Waals surface area contributed by atoms with Gasteiger partial charge in [-0.15, -0.1) is 0 Å². The van der Waals surface area contributed by atoms with Crippen molar-refractivity contribution in [1.82, 2.24) is 4.90 Å². The lowest BCUT2D eigenvalue weighted by atomic mass is 10.1. The van der Waals surface area contributed by atoms with Gasteiger partial charge in [0.05, 0.1) is 6.10 Å². The van der Waals surface area contributed by atoms with Gasteiger partial charge >= 0.3 is 0 Å². The third-order valence-corrected chi connectivity index (χ3v) is 3.99. The Bertz CT molecular complexity index is 198. The molecule has 1 saturated heterocycles. The van der Waals surface area contributed by atoms with Crippen LogP contribution in [0.1, 0.15) is 44.9 Å². The Labute approximate surface area is 92.1 Å². The fourth-order valence-electron chi connectivity index (χ4n) is 3.24. The summed E-state index contributed by atoms with van der Waals surface area (Å²) < 4.78 is 0. The second-order valence-corrected chi connectivity index (χ2v) is 4.97. The number of hydrogen-bond donors (Lipinski definition) is 2. The third-order valence-electron chi connectivity index (χ3n) is 3.99. The maximum Gasteiger partial charge on any atom is 0.0695 e. The fourth-order valence-corrected chi connectivity index (χ4v) is 3.24. The molecule has 3 atom stereocenters. The van der Waals surface area contributed by atoms with Crippen LogP contribution in [0.5, 0.6) is 0 Å². The molecular formula is C12H23NO2. The number of aliphatic hydroxyl groups is 2. The van der Waals surface area contributed by atoms with Gasteiger partial charge < -0.3 is 10.2 Å². The Kier molecular flexibility index (Phi) is 4.00. The second-order valence-electron chi connectivity index (χ2n) is 4.97. The first-order valence-electron chi connectivity index (χ1n) is 6.37. The van der Waals surface area contributed by atoms with E-state index in [1.165, 1.54) is 19.3 Å². The van der Waals surface area contributed by atoms with E-state index in [1.54, 1.807) is 0 Å². The van der Waals surface area contributed by atoms with Crippen LogP contribution < -0.4 is 0 Å². The average molecular weight is 213 g/mol. The predicted molar refractivity (Wildman–Crippen MR) is 59.7 cm³/mol. The van der Waals surface area contributed by atoms with E-state index in [9.17, 15) is 5.11 Å². The maximum atomic E-state index is 9.90. The van der Waals surface area contributed by atoms with Crippen LogP contribution in [-0.4, -0.2) is 46.5 Å². The lowest BCUT2D eigenvalue weighted by Crippen LogP contribution is -2.43. The second kappa shape index (κ2) is 5.28. The molecule has 1 heterocycles. The van der Waals surface area contributed by atoms with Crippen molar-refractivity contribution in [3.8, 4) is 0 Å². The van der Waals surface area contributed by atoms with Crippen molar-refractivity contribution in [1.29, 1.82) is 0 Å². The minimum atomic E-state index is -0.0975.